The summed E-state index contributed by atoms with van der Waals surface area (Å²) in [6.07, 6.45) is 123. The minimum absolute atomic E-state index is 0.782. The lowest BCUT2D eigenvalue weighted by molar-refractivity contribution is 0.141. The zero-order chi connectivity index (χ0) is 62.8. The first-order chi connectivity index (χ1) is 43.9. The van der Waals surface area contributed by atoms with Gasteiger partial charge in [-0.2, -0.15) is 0 Å². The lowest BCUT2D eigenvalue weighted by atomic mass is 10.0. The van der Waals surface area contributed by atoms with Gasteiger partial charge in [0.2, 0.25) is 0 Å². The van der Waals surface area contributed by atoms with Crippen molar-refractivity contribution in [2.75, 3.05) is 6.61 Å². The van der Waals surface area contributed by atoms with E-state index < -0.39 is 0 Å². The third kappa shape index (κ3) is 85.5. The van der Waals surface area contributed by atoms with E-state index in [2.05, 4.69) is 12.1 Å². The van der Waals surface area contributed by atoms with Crippen molar-refractivity contribution in [3.63, 3.8) is 0 Å². The molecule has 0 aromatic carbocycles. The van der Waals surface area contributed by atoms with Crippen LogP contribution in [0.5, 0.6) is 0 Å². The minimum atomic E-state index is 0.782. The lowest BCUT2D eigenvalue weighted by Crippen LogP contribution is -1.88. The van der Waals surface area contributed by atoms with Crippen LogP contribution in [0.15, 0.2) is 5.16 Å². The van der Waals surface area contributed by atoms with Crippen molar-refractivity contribution in [2.45, 2.75) is 540 Å². The topological polar surface area (TPSA) is 21.6 Å². The van der Waals surface area contributed by atoms with Crippen molar-refractivity contribution in [1.29, 1.82) is 0 Å². The summed E-state index contributed by atoms with van der Waals surface area (Å²) in [7, 11) is 0. The van der Waals surface area contributed by atoms with Crippen LogP contribution in [0.2, 0.25) is 0 Å². The normalized spacial score (nSPS) is 11.8. The van der Waals surface area contributed by atoms with Crippen molar-refractivity contribution >= 4 is 6.21 Å². The van der Waals surface area contributed by atoms with Crippen LogP contribution in [-0.4, -0.2) is 12.8 Å². The van der Waals surface area contributed by atoms with E-state index in [1.807, 2.05) is 6.92 Å². The Morgan fingerprint density at radius 1 is 0.148 bits per heavy atom. The zero-order valence-electron chi connectivity index (χ0n) is 62.1. The molecule has 0 bridgehead atoms. The van der Waals surface area contributed by atoms with Crippen LogP contribution in [0.4, 0.5) is 0 Å². The fourth-order valence-corrected chi connectivity index (χ4v) is 14.5. The highest BCUT2D eigenvalue weighted by Gasteiger charge is 2.02. The Bertz CT molecular complexity index is 1160. The van der Waals surface area contributed by atoms with Gasteiger partial charge in [0.1, 0.15) is 6.61 Å². The van der Waals surface area contributed by atoms with Crippen molar-refractivity contribution in [3.05, 3.63) is 0 Å². The molecule has 0 fully saturated rings. The van der Waals surface area contributed by atoms with Gasteiger partial charge in [-0.05, 0) is 19.8 Å². The summed E-state index contributed by atoms with van der Waals surface area (Å²) in [5.74, 6) is 0. The van der Waals surface area contributed by atoms with Crippen molar-refractivity contribution in [1.82, 2.24) is 0 Å². The fraction of sp³-hybridized carbons (Fsp3) is 0.988. The molecule has 0 aliphatic heterocycles. The quantitative estimate of drug-likeness (QED) is 0.0338. The second kappa shape index (κ2) is 86.5. The van der Waals surface area contributed by atoms with Crippen LogP contribution in [-0.2, 0) is 4.84 Å². The second-order valence-corrected chi connectivity index (χ2v) is 29.8. The standard InChI is InChI=1S/C86H173NO/c1-3-5-6-7-8-9-10-11-12-13-14-15-16-17-18-19-20-21-22-23-24-25-26-27-28-29-30-31-32-33-34-35-36-37-38-39-40-41-42-43-44-45-46-47-48-49-50-51-52-53-54-55-56-57-58-59-60-61-62-63-64-65-66-67-68-69-70-71-72-73-74-75-76-77-78-79-80-81-82-83-84-85-86-88-87-4-2/h4H,3,5-86H2,1-2H3. The van der Waals surface area contributed by atoms with E-state index in [0.717, 1.165) is 13.0 Å². The van der Waals surface area contributed by atoms with E-state index in [-0.39, 0.29) is 0 Å². The maximum Gasteiger partial charge on any atom is 0.117 e. The largest absolute Gasteiger partial charge is 0.396 e. The lowest BCUT2D eigenvalue weighted by Gasteiger charge is -2.05. The summed E-state index contributed by atoms with van der Waals surface area (Å²) in [6.45, 7) is 5.00. The smallest absolute Gasteiger partial charge is 0.117 e. The number of hydrogen-bond acceptors (Lipinski definition) is 2. The van der Waals surface area contributed by atoms with Gasteiger partial charge >= 0.3 is 0 Å². The third-order valence-electron chi connectivity index (χ3n) is 20.8. The molecule has 2 heteroatoms. The Morgan fingerprint density at radius 2 is 0.239 bits per heavy atom. The Hall–Kier alpha value is -0.530. The average molecular weight is 1240 g/mol. The molecule has 0 unspecified atom stereocenters. The molecule has 0 radical (unpaired) electrons. The number of rotatable bonds is 84. The van der Waals surface area contributed by atoms with E-state index in [0.29, 0.717) is 0 Å². The van der Waals surface area contributed by atoms with Gasteiger partial charge < -0.3 is 4.84 Å². The fourth-order valence-electron chi connectivity index (χ4n) is 14.5. The summed E-state index contributed by atoms with van der Waals surface area (Å²) in [5, 5.41) is 3.81. The van der Waals surface area contributed by atoms with Gasteiger partial charge in [-0.3, -0.25) is 0 Å². The number of nitrogens with zero attached hydrogens (tertiary/aromatic N) is 1. The van der Waals surface area contributed by atoms with Crippen molar-refractivity contribution < 1.29 is 4.84 Å². The maximum absolute atomic E-state index is 5.15. The first kappa shape index (κ1) is 87.5. The maximum atomic E-state index is 5.15. The Morgan fingerprint density at radius 3 is 0.330 bits per heavy atom. The molecule has 528 valence electrons. The highest BCUT2D eigenvalue weighted by atomic mass is 16.6. The first-order valence-electron chi connectivity index (χ1n) is 43.0. The van der Waals surface area contributed by atoms with Gasteiger partial charge in [0.25, 0.3) is 0 Å². The van der Waals surface area contributed by atoms with Gasteiger partial charge in [-0.15, -0.1) is 0 Å². The van der Waals surface area contributed by atoms with Gasteiger partial charge in [-0.1, -0.05) is 526 Å². The van der Waals surface area contributed by atoms with Crippen molar-refractivity contribution in [3.8, 4) is 0 Å². The Balaban J connectivity index is 3.09. The molecule has 0 rings (SSSR count). The summed E-state index contributed by atoms with van der Waals surface area (Å²) >= 11 is 0. The molecule has 0 aromatic heterocycles. The molecule has 0 aromatic rings. The van der Waals surface area contributed by atoms with Crippen LogP contribution < -0.4 is 0 Å². The van der Waals surface area contributed by atoms with Gasteiger partial charge in [0.05, 0.1) is 0 Å². The molecular weight excluding hydrogens is 1060 g/mol. The zero-order valence-corrected chi connectivity index (χ0v) is 62.1. The SMILES string of the molecule is CC=NOCCCCCCCCCCCCCCCCCCCCCCCCCCCCCCCCCCCCCCCCCCCCCCCCCCCCCCCCCCCCCCCCCCCCCCCCCCCCCCCCCCCC. The molecule has 0 saturated heterocycles. The van der Waals surface area contributed by atoms with Crippen LogP contribution in [0, 0.1) is 0 Å². The van der Waals surface area contributed by atoms with E-state index in [1.165, 1.54) is 520 Å². The first-order valence-corrected chi connectivity index (χ1v) is 43.0. The highest BCUT2D eigenvalue weighted by Crippen LogP contribution is 2.22. The third-order valence-corrected chi connectivity index (χ3v) is 20.8. The molecule has 0 aliphatic carbocycles. The monoisotopic (exact) mass is 1240 g/mol. The minimum Gasteiger partial charge on any atom is -0.396 e. The van der Waals surface area contributed by atoms with E-state index in [9.17, 15) is 0 Å². The Kier molecular flexibility index (Phi) is 85.9. The number of hydrogen-bond donors (Lipinski definition) is 0. The van der Waals surface area contributed by atoms with Gasteiger partial charge in [-0.25, -0.2) is 0 Å². The second-order valence-electron chi connectivity index (χ2n) is 29.8. The predicted octanol–water partition coefficient (Wildman–Crippen LogP) is 33.0. The summed E-state index contributed by atoms with van der Waals surface area (Å²) in [6, 6.07) is 0. The predicted molar refractivity (Wildman–Crippen MR) is 404 cm³/mol. The molecule has 0 atom stereocenters. The van der Waals surface area contributed by atoms with E-state index >= 15 is 0 Å². The van der Waals surface area contributed by atoms with E-state index in [4.69, 9.17) is 4.84 Å². The molecule has 0 amide bonds. The summed E-state index contributed by atoms with van der Waals surface area (Å²) in [5.41, 5.74) is 0. The average Bonchev–Trinajstić information content (AvgIpc) is 3.54. The molecule has 0 aliphatic rings. The molecule has 0 heterocycles. The molecule has 88 heavy (non-hydrogen) atoms. The van der Waals surface area contributed by atoms with Gasteiger partial charge in [0.15, 0.2) is 0 Å². The van der Waals surface area contributed by atoms with E-state index in [1.54, 1.807) is 6.21 Å². The Labute approximate surface area is 560 Å². The summed E-state index contributed by atoms with van der Waals surface area (Å²) in [4.78, 5) is 5.15. The van der Waals surface area contributed by atoms with Crippen LogP contribution in [0.3, 0.4) is 0 Å². The molecular formula is C86H173NO. The van der Waals surface area contributed by atoms with Crippen LogP contribution in [0.25, 0.3) is 0 Å². The van der Waals surface area contributed by atoms with Gasteiger partial charge in [0, 0.05) is 6.21 Å². The number of oxime groups is 1. The van der Waals surface area contributed by atoms with Crippen molar-refractivity contribution in [2.24, 2.45) is 5.16 Å². The molecule has 2 nitrogen and oxygen atoms in total. The molecule has 0 saturated carbocycles. The molecule has 0 N–H and O–H groups in total. The molecule has 0 spiro atoms. The summed E-state index contributed by atoms with van der Waals surface area (Å²) < 4.78 is 0. The number of unbranched alkanes of at least 4 members (excludes halogenated alkanes) is 81. The van der Waals surface area contributed by atoms with Crippen LogP contribution >= 0.6 is 0 Å². The van der Waals surface area contributed by atoms with Crippen LogP contribution in [0.1, 0.15) is 540 Å². The highest BCUT2D eigenvalue weighted by molar-refractivity contribution is 5.52.